The van der Waals surface area contributed by atoms with Crippen LogP contribution in [0, 0.1) is 6.23 Å². The molecule has 1 aromatic carbocycles. The van der Waals surface area contributed by atoms with E-state index in [4.69, 9.17) is 4.74 Å². The fraction of sp³-hybridized carbons (Fsp3) is 0.462. The Hall–Kier alpha value is -0.860. The van der Waals surface area contributed by atoms with Gasteiger partial charge in [0.25, 0.3) is 0 Å². The maximum Gasteiger partial charge on any atom is 0.195 e. The van der Waals surface area contributed by atoms with Gasteiger partial charge < -0.3 is 4.74 Å². The van der Waals surface area contributed by atoms with Crippen molar-refractivity contribution in [2.45, 2.75) is 20.8 Å². The predicted octanol–water partition coefficient (Wildman–Crippen LogP) is 2.90. The SMILES string of the molecule is CCO[C](c1ccccc1)N(CC)CC. The van der Waals surface area contributed by atoms with Crippen LogP contribution < -0.4 is 0 Å². The van der Waals surface area contributed by atoms with Crippen LogP contribution in [0.3, 0.4) is 0 Å². The van der Waals surface area contributed by atoms with Gasteiger partial charge in [-0.3, -0.25) is 4.90 Å². The van der Waals surface area contributed by atoms with Gasteiger partial charge in [0.2, 0.25) is 0 Å². The van der Waals surface area contributed by atoms with Gasteiger partial charge in [-0.25, -0.2) is 0 Å². The zero-order chi connectivity index (χ0) is 11.1. The standard InChI is InChI=1S/C13H20NO/c1-4-14(5-2)13(15-6-3)12-10-8-7-9-11-12/h7-11H,4-6H2,1-3H3. The molecule has 0 aliphatic heterocycles. The Balaban J connectivity index is 2.81. The first-order valence-electron chi connectivity index (χ1n) is 5.63. The number of hydrogen-bond acceptors (Lipinski definition) is 2. The number of nitrogens with zero attached hydrogens (tertiary/aromatic N) is 1. The second-order valence-electron chi connectivity index (χ2n) is 3.28. The maximum atomic E-state index is 5.71. The van der Waals surface area contributed by atoms with Crippen molar-refractivity contribution in [1.82, 2.24) is 4.90 Å². The molecule has 0 saturated heterocycles. The molecule has 0 N–H and O–H groups in total. The number of benzene rings is 1. The Morgan fingerprint density at radius 1 is 1.07 bits per heavy atom. The topological polar surface area (TPSA) is 12.5 Å². The van der Waals surface area contributed by atoms with Crippen LogP contribution in [0.4, 0.5) is 0 Å². The highest BCUT2D eigenvalue weighted by molar-refractivity contribution is 5.26. The van der Waals surface area contributed by atoms with E-state index in [1.54, 1.807) is 0 Å². The van der Waals surface area contributed by atoms with Gasteiger partial charge in [-0.1, -0.05) is 44.2 Å². The smallest absolute Gasteiger partial charge is 0.195 e. The van der Waals surface area contributed by atoms with Crippen LogP contribution in [-0.2, 0) is 4.74 Å². The van der Waals surface area contributed by atoms with E-state index in [1.165, 1.54) is 0 Å². The largest absolute Gasteiger partial charge is 0.352 e. The summed E-state index contributed by atoms with van der Waals surface area (Å²) in [6.45, 7) is 8.96. The first-order chi connectivity index (χ1) is 7.33. The van der Waals surface area contributed by atoms with Crippen molar-refractivity contribution in [2.24, 2.45) is 0 Å². The number of ether oxygens (including phenoxy) is 1. The van der Waals surface area contributed by atoms with E-state index in [0.29, 0.717) is 6.61 Å². The Bertz CT molecular complexity index is 256. The second-order valence-corrected chi connectivity index (χ2v) is 3.28. The molecule has 0 saturated carbocycles. The molecular weight excluding hydrogens is 186 g/mol. The Labute approximate surface area is 92.9 Å². The monoisotopic (exact) mass is 206 g/mol. The van der Waals surface area contributed by atoms with E-state index >= 15 is 0 Å². The molecule has 0 fully saturated rings. The molecule has 0 bridgehead atoms. The Morgan fingerprint density at radius 2 is 1.67 bits per heavy atom. The molecule has 0 unspecified atom stereocenters. The molecule has 0 spiro atoms. The van der Waals surface area contributed by atoms with Crippen molar-refractivity contribution in [2.75, 3.05) is 19.7 Å². The van der Waals surface area contributed by atoms with Gasteiger partial charge in [-0.2, -0.15) is 0 Å². The molecule has 2 nitrogen and oxygen atoms in total. The lowest BCUT2D eigenvalue weighted by Crippen LogP contribution is -2.31. The van der Waals surface area contributed by atoms with Crippen LogP contribution >= 0.6 is 0 Å². The van der Waals surface area contributed by atoms with Crippen molar-refractivity contribution in [3.63, 3.8) is 0 Å². The predicted molar refractivity (Wildman–Crippen MR) is 63.3 cm³/mol. The van der Waals surface area contributed by atoms with E-state index in [0.717, 1.165) is 24.9 Å². The molecule has 15 heavy (non-hydrogen) atoms. The minimum atomic E-state index is 0.709. The normalized spacial score (nSPS) is 11.3. The molecule has 83 valence electrons. The molecule has 0 aliphatic rings. The van der Waals surface area contributed by atoms with Gasteiger partial charge in [-0.05, 0) is 20.0 Å². The summed E-state index contributed by atoms with van der Waals surface area (Å²) in [5.74, 6) is 0. The molecule has 0 amide bonds. The third-order valence-electron chi connectivity index (χ3n) is 2.35. The van der Waals surface area contributed by atoms with Crippen LogP contribution in [0.2, 0.25) is 0 Å². The van der Waals surface area contributed by atoms with E-state index in [-0.39, 0.29) is 0 Å². The fourth-order valence-corrected chi connectivity index (χ4v) is 1.59. The lowest BCUT2D eigenvalue weighted by molar-refractivity contribution is 0.0672. The van der Waals surface area contributed by atoms with Gasteiger partial charge in [0.05, 0.1) is 0 Å². The van der Waals surface area contributed by atoms with E-state index in [1.807, 2.05) is 25.1 Å². The molecule has 1 radical (unpaired) electrons. The lowest BCUT2D eigenvalue weighted by atomic mass is 10.2. The minimum absolute atomic E-state index is 0.709. The van der Waals surface area contributed by atoms with Crippen molar-refractivity contribution in [1.29, 1.82) is 0 Å². The quantitative estimate of drug-likeness (QED) is 0.709. The van der Waals surface area contributed by atoms with Crippen molar-refractivity contribution < 1.29 is 4.74 Å². The summed E-state index contributed by atoms with van der Waals surface area (Å²) in [6, 6.07) is 10.3. The summed E-state index contributed by atoms with van der Waals surface area (Å²) in [5.41, 5.74) is 1.16. The molecule has 1 rings (SSSR count). The van der Waals surface area contributed by atoms with Crippen molar-refractivity contribution in [3.05, 3.63) is 42.1 Å². The molecule has 0 aromatic heterocycles. The summed E-state index contributed by atoms with van der Waals surface area (Å²) in [4.78, 5) is 2.23. The molecular formula is C13H20NO. The first-order valence-corrected chi connectivity index (χ1v) is 5.63. The van der Waals surface area contributed by atoms with Crippen molar-refractivity contribution >= 4 is 0 Å². The molecule has 0 aliphatic carbocycles. The zero-order valence-corrected chi connectivity index (χ0v) is 9.86. The van der Waals surface area contributed by atoms with Gasteiger partial charge >= 0.3 is 0 Å². The highest BCUT2D eigenvalue weighted by atomic mass is 16.5. The summed E-state index contributed by atoms with van der Waals surface area (Å²) >= 11 is 0. The fourth-order valence-electron chi connectivity index (χ4n) is 1.59. The summed E-state index contributed by atoms with van der Waals surface area (Å²) < 4.78 is 5.71. The first kappa shape index (κ1) is 12.2. The number of rotatable bonds is 6. The molecule has 0 atom stereocenters. The van der Waals surface area contributed by atoms with Crippen LogP contribution in [0.5, 0.6) is 0 Å². The number of hydrogen-bond donors (Lipinski definition) is 0. The second kappa shape index (κ2) is 6.59. The van der Waals surface area contributed by atoms with E-state index in [9.17, 15) is 0 Å². The average molecular weight is 206 g/mol. The van der Waals surface area contributed by atoms with Gasteiger partial charge in [0.15, 0.2) is 6.23 Å². The van der Waals surface area contributed by atoms with Crippen LogP contribution in [-0.4, -0.2) is 24.6 Å². The van der Waals surface area contributed by atoms with Crippen molar-refractivity contribution in [3.8, 4) is 0 Å². The third-order valence-corrected chi connectivity index (χ3v) is 2.35. The van der Waals surface area contributed by atoms with Gasteiger partial charge in [0.1, 0.15) is 0 Å². The molecule has 2 heteroatoms. The molecule has 1 aromatic rings. The summed E-state index contributed by atoms with van der Waals surface area (Å²) in [7, 11) is 0. The maximum absolute atomic E-state index is 5.71. The highest BCUT2D eigenvalue weighted by Crippen LogP contribution is 2.20. The van der Waals surface area contributed by atoms with Gasteiger partial charge in [0, 0.05) is 12.2 Å². The highest BCUT2D eigenvalue weighted by Gasteiger charge is 2.19. The van der Waals surface area contributed by atoms with Crippen LogP contribution in [0.1, 0.15) is 26.3 Å². The average Bonchev–Trinajstić information content (AvgIpc) is 2.30. The summed E-state index contributed by atoms with van der Waals surface area (Å²) in [5, 5.41) is 0. The van der Waals surface area contributed by atoms with Crippen LogP contribution in [0.25, 0.3) is 0 Å². The third kappa shape index (κ3) is 3.33. The molecule has 0 heterocycles. The zero-order valence-electron chi connectivity index (χ0n) is 9.86. The Kier molecular flexibility index (Phi) is 5.37. The van der Waals surface area contributed by atoms with Crippen LogP contribution in [0.15, 0.2) is 30.3 Å². The Morgan fingerprint density at radius 3 is 2.13 bits per heavy atom. The summed E-state index contributed by atoms with van der Waals surface area (Å²) in [6.07, 6.45) is 0.989. The lowest BCUT2D eigenvalue weighted by Gasteiger charge is -2.27. The van der Waals surface area contributed by atoms with E-state index in [2.05, 4.69) is 30.9 Å². The van der Waals surface area contributed by atoms with E-state index < -0.39 is 0 Å². The van der Waals surface area contributed by atoms with Gasteiger partial charge in [-0.15, -0.1) is 0 Å². The minimum Gasteiger partial charge on any atom is -0.352 e.